The number of nitrogens with two attached hydrogens (primary N) is 1. The number of aryl methyl sites for hydroxylation is 1. The van der Waals surface area contributed by atoms with Crippen LogP contribution >= 0.6 is 11.8 Å². The van der Waals surface area contributed by atoms with Crippen LogP contribution in [-0.4, -0.2) is 40.9 Å². The Morgan fingerprint density at radius 3 is 2.64 bits per heavy atom. The van der Waals surface area contributed by atoms with Gasteiger partial charge in [0.1, 0.15) is 6.33 Å². The molecule has 10 heteroatoms. The minimum atomic E-state index is -3.68. The Bertz CT molecular complexity index is 818. The predicted octanol–water partition coefficient (Wildman–Crippen LogP) is 0.785. The molecule has 1 aromatic heterocycles. The second-order valence-electron chi connectivity index (χ2n) is 5.39. The molecule has 3 N–H and O–H groups in total. The molecule has 0 fully saturated rings. The standard InChI is InChI=1S/C15H21N5O3S2/c1-3-20-10-18-19-15(20)24-11(2)14(21)17-9-8-12-4-6-13(7-5-12)25(16,22)23/h4-7,10-11H,3,8-9H2,1-2H3,(H,17,21)(H2,16,22,23)/t11-/m0/s1. The molecule has 0 radical (unpaired) electrons. The highest BCUT2D eigenvalue weighted by Gasteiger charge is 2.17. The van der Waals surface area contributed by atoms with Crippen LogP contribution in [0.3, 0.4) is 0 Å². The normalized spacial score (nSPS) is 12.8. The summed E-state index contributed by atoms with van der Waals surface area (Å²) in [5.41, 5.74) is 0.915. The smallest absolute Gasteiger partial charge is 0.238 e. The van der Waals surface area contributed by atoms with Gasteiger partial charge in [-0.15, -0.1) is 10.2 Å². The van der Waals surface area contributed by atoms with E-state index in [9.17, 15) is 13.2 Å². The van der Waals surface area contributed by atoms with Gasteiger partial charge in [0.2, 0.25) is 15.9 Å². The number of amides is 1. The van der Waals surface area contributed by atoms with Crippen LogP contribution in [0.15, 0.2) is 40.6 Å². The predicted molar refractivity (Wildman–Crippen MR) is 95.5 cm³/mol. The number of primary sulfonamides is 1. The molecule has 1 heterocycles. The molecule has 1 atom stereocenters. The number of benzene rings is 1. The van der Waals surface area contributed by atoms with Gasteiger partial charge < -0.3 is 9.88 Å². The quantitative estimate of drug-likeness (QED) is 0.650. The van der Waals surface area contributed by atoms with Gasteiger partial charge in [0.05, 0.1) is 10.1 Å². The van der Waals surface area contributed by atoms with Crippen molar-refractivity contribution < 1.29 is 13.2 Å². The SMILES string of the molecule is CCn1cnnc1S[C@@H](C)C(=O)NCCc1ccc(S(N)(=O)=O)cc1. The zero-order chi connectivity index (χ0) is 18.4. The fourth-order valence-corrected chi connectivity index (χ4v) is 3.51. The number of thioether (sulfide) groups is 1. The summed E-state index contributed by atoms with van der Waals surface area (Å²) >= 11 is 1.36. The number of aromatic nitrogens is 3. The van der Waals surface area contributed by atoms with Crippen LogP contribution in [0.1, 0.15) is 19.4 Å². The molecular formula is C15H21N5O3S2. The number of carbonyl (C=O) groups excluding carboxylic acids is 1. The lowest BCUT2D eigenvalue weighted by atomic mass is 10.1. The maximum Gasteiger partial charge on any atom is 0.238 e. The second-order valence-corrected chi connectivity index (χ2v) is 8.26. The Kier molecular flexibility index (Phi) is 6.57. The molecule has 8 nitrogen and oxygen atoms in total. The van der Waals surface area contributed by atoms with Gasteiger partial charge in [0.15, 0.2) is 5.16 Å². The van der Waals surface area contributed by atoms with Gasteiger partial charge in [-0.3, -0.25) is 4.79 Å². The molecule has 0 saturated heterocycles. The van der Waals surface area contributed by atoms with Gasteiger partial charge in [-0.25, -0.2) is 13.6 Å². The average molecular weight is 383 g/mol. The van der Waals surface area contributed by atoms with Crippen molar-refractivity contribution >= 4 is 27.7 Å². The van der Waals surface area contributed by atoms with Crippen molar-refractivity contribution in [3.63, 3.8) is 0 Å². The number of hydrogen-bond acceptors (Lipinski definition) is 6. The third kappa shape index (κ3) is 5.55. The lowest BCUT2D eigenvalue weighted by Crippen LogP contribution is -2.32. The molecule has 2 aromatic rings. The van der Waals surface area contributed by atoms with E-state index in [0.717, 1.165) is 12.1 Å². The maximum absolute atomic E-state index is 12.2. The summed E-state index contributed by atoms with van der Waals surface area (Å²) in [6.07, 6.45) is 2.23. The molecule has 0 aliphatic carbocycles. The van der Waals surface area contributed by atoms with Crippen molar-refractivity contribution in [3.8, 4) is 0 Å². The van der Waals surface area contributed by atoms with Crippen LogP contribution in [0.25, 0.3) is 0 Å². The molecule has 25 heavy (non-hydrogen) atoms. The van der Waals surface area contributed by atoms with Crippen molar-refractivity contribution in [1.29, 1.82) is 0 Å². The summed E-state index contributed by atoms with van der Waals surface area (Å²) in [6, 6.07) is 6.30. The largest absolute Gasteiger partial charge is 0.355 e. The first kappa shape index (κ1) is 19.4. The van der Waals surface area contributed by atoms with E-state index in [4.69, 9.17) is 5.14 Å². The number of nitrogens with zero attached hydrogens (tertiary/aromatic N) is 3. The van der Waals surface area contributed by atoms with Crippen molar-refractivity contribution in [2.75, 3.05) is 6.54 Å². The van der Waals surface area contributed by atoms with Gasteiger partial charge >= 0.3 is 0 Å². The molecule has 0 aliphatic heterocycles. The molecule has 1 aromatic carbocycles. The summed E-state index contributed by atoms with van der Waals surface area (Å²) in [7, 11) is -3.68. The minimum Gasteiger partial charge on any atom is -0.355 e. The molecule has 0 saturated carbocycles. The van der Waals surface area contributed by atoms with Gasteiger partial charge in [0.25, 0.3) is 0 Å². The van der Waals surface area contributed by atoms with Gasteiger partial charge in [-0.2, -0.15) is 0 Å². The van der Waals surface area contributed by atoms with Crippen LogP contribution in [0.5, 0.6) is 0 Å². The number of hydrogen-bond donors (Lipinski definition) is 2. The van der Waals surface area contributed by atoms with E-state index >= 15 is 0 Å². The fourth-order valence-electron chi connectivity index (χ4n) is 2.08. The average Bonchev–Trinajstić information content (AvgIpc) is 3.01. The van der Waals surface area contributed by atoms with Crippen LogP contribution in [0, 0.1) is 0 Å². The molecule has 0 unspecified atom stereocenters. The summed E-state index contributed by atoms with van der Waals surface area (Å²) in [5, 5.41) is 16.2. The topological polar surface area (TPSA) is 120 Å². The lowest BCUT2D eigenvalue weighted by molar-refractivity contribution is -0.120. The van der Waals surface area contributed by atoms with Crippen LogP contribution in [0.2, 0.25) is 0 Å². The molecule has 0 bridgehead atoms. The minimum absolute atomic E-state index is 0.0744. The van der Waals surface area contributed by atoms with Gasteiger partial charge in [-0.05, 0) is 38.0 Å². The van der Waals surface area contributed by atoms with Gasteiger partial charge in [-0.1, -0.05) is 23.9 Å². The second kappa shape index (κ2) is 8.45. The number of rotatable bonds is 8. The zero-order valence-electron chi connectivity index (χ0n) is 14.0. The highest BCUT2D eigenvalue weighted by Crippen LogP contribution is 2.20. The van der Waals surface area contributed by atoms with Crippen LogP contribution in [-0.2, 0) is 27.8 Å². The fraction of sp³-hybridized carbons (Fsp3) is 0.400. The Balaban J connectivity index is 1.81. The van der Waals surface area contributed by atoms with Crippen molar-refractivity contribution in [3.05, 3.63) is 36.2 Å². The lowest BCUT2D eigenvalue weighted by Gasteiger charge is -2.12. The highest BCUT2D eigenvalue weighted by atomic mass is 32.2. The van der Waals surface area contributed by atoms with E-state index in [0.29, 0.717) is 18.1 Å². The van der Waals surface area contributed by atoms with Gasteiger partial charge in [0, 0.05) is 13.1 Å². The first-order valence-corrected chi connectivity index (χ1v) is 10.2. The van der Waals surface area contributed by atoms with Crippen LogP contribution in [0.4, 0.5) is 0 Å². The first-order chi connectivity index (χ1) is 11.8. The molecular weight excluding hydrogens is 362 g/mol. The molecule has 0 spiro atoms. The zero-order valence-corrected chi connectivity index (χ0v) is 15.7. The molecule has 2 rings (SSSR count). The molecule has 136 valence electrons. The van der Waals surface area contributed by atoms with E-state index in [1.165, 1.54) is 23.9 Å². The van der Waals surface area contributed by atoms with Crippen molar-refractivity contribution in [2.24, 2.45) is 5.14 Å². The summed E-state index contributed by atoms with van der Waals surface area (Å²) < 4.78 is 24.3. The maximum atomic E-state index is 12.2. The Morgan fingerprint density at radius 2 is 2.04 bits per heavy atom. The third-order valence-electron chi connectivity index (χ3n) is 3.54. The Hall–Kier alpha value is -1.91. The van der Waals surface area contributed by atoms with Crippen molar-refractivity contribution in [1.82, 2.24) is 20.1 Å². The van der Waals surface area contributed by atoms with E-state index in [2.05, 4.69) is 15.5 Å². The number of carbonyl (C=O) groups is 1. The van der Waals surface area contributed by atoms with E-state index < -0.39 is 10.0 Å². The van der Waals surface area contributed by atoms with Crippen molar-refractivity contribution in [2.45, 2.75) is 42.1 Å². The summed E-state index contributed by atoms with van der Waals surface area (Å²) in [5.74, 6) is -0.0863. The van der Waals surface area contributed by atoms with E-state index in [1.54, 1.807) is 18.5 Å². The molecule has 1 amide bonds. The first-order valence-electron chi connectivity index (χ1n) is 7.75. The monoisotopic (exact) mass is 383 g/mol. The highest BCUT2D eigenvalue weighted by molar-refractivity contribution is 8.00. The number of nitrogens with one attached hydrogen (secondary N) is 1. The number of sulfonamides is 1. The molecule has 0 aliphatic rings. The van der Waals surface area contributed by atoms with E-state index in [1.807, 2.05) is 18.4 Å². The Labute approximate surface area is 151 Å². The summed E-state index contributed by atoms with van der Waals surface area (Å²) in [6.45, 7) is 5.01. The third-order valence-corrected chi connectivity index (χ3v) is 5.56. The van der Waals surface area contributed by atoms with Crippen LogP contribution < -0.4 is 10.5 Å². The van der Waals surface area contributed by atoms with E-state index in [-0.39, 0.29) is 16.1 Å². The Morgan fingerprint density at radius 1 is 1.36 bits per heavy atom. The summed E-state index contributed by atoms with van der Waals surface area (Å²) in [4.78, 5) is 12.2.